The predicted octanol–water partition coefficient (Wildman–Crippen LogP) is 3.56. The summed E-state index contributed by atoms with van der Waals surface area (Å²) in [7, 11) is 1.50. The number of aromatic nitrogens is 3. The Morgan fingerprint density at radius 3 is 2.64 bits per heavy atom. The Morgan fingerprint density at radius 1 is 1.24 bits per heavy atom. The van der Waals surface area contributed by atoms with Crippen LogP contribution in [0.4, 0.5) is 14.6 Å². The fraction of sp³-hybridized carbons (Fsp3) is 0.304. The number of nitrogens with one attached hydrogen (secondary N) is 1. The second kappa shape index (κ2) is 9.24. The van der Waals surface area contributed by atoms with Crippen LogP contribution < -0.4 is 14.8 Å². The molecule has 0 aliphatic heterocycles. The van der Waals surface area contributed by atoms with Crippen LogP contribution in [-0.4, -0.2) is 40.0 Å². The average molecular weight is 453 g/mol. The van der Waals surface area contributed by atoms with Crippen molar-refractivity contribution in [1.29, 1.82) is 5.26 Å². The minimum Gasteiger partial charge on any atom is -0.495 e. The van der Waals surface area contributed by atoms with Crippen molar-refractivity contribution in [3.8, 4) is 17.6 Å². The van der Waals surface area contributed by atoms with Gasteiger partial charge in [-0.3, -0.25) is 4.79 Å². The van der Waals surface area contributed by atoms with E-state index in [0.29, 0.717) is 29.4 Å². The molecule has 1 aliphatic carbocycles. The molecule has 170 valence electrons. The molecule has 3 aromatic rings. The second-order valence-corrected chi connectivity index (χ2v) is 7.78. The molecule has 8 nitrogen and oxygen atoms in total. The molecule has 0 bridgehead atoms. The number of methoxy groups -OCH3 is 1. The van der Waals surface area contributed by atoms with Crippen LogP contribution in [0.3, 0.4) is 0 Å². The van der Waals surface area contributed by atoms with Gasteiger partial charge in [-0.1, -0.05) is 18.2 Å². The van der Waals surface area contributed by atoms with E-state index in [4.69, 9.17) is 9.47 Å². The van der Waals surface area contributed by atoms with Gasteiger partial charge in [0.2, 0.25) is 5.91 Å². The molecule has 1 heterocycles. The summed E-state index contributed by atoms with van der Waals surface area (Å²) in [5.74, 6) is -1.60. The Morgan fingerprint density at radius 2 is 1.97 bits per heavy atom. The molecule has 2 aromatic carbocycles. The van der Waals surface area contributed by atoms with Crippen LogP contribution in [0, 0.1) is 11.3 Å². The van der Waals surface area contributed by atoms with Gasteiger partial charge in [0.1, 0.15) is 23.7 Å². The largest absolute Gasteiger partial charge is 0.495 e. The molecule has 0 atom stereocenters. The summed E-state index contributed by atoms with van der Waals surface area (Å²) < 4.78 is 36.4. The highest BCUT2D eigenvalue weighted by Crippen LogP contribution is 2.39. The molecule has 1 amide bonds. The van der Waals surface area contributed by atoms with E-state index in [-0.39, 0.29) is 25.2 Å². The fourth-order valence-electron chi connectivity index (χ4n) is 3.48. The monoisotopic (exact) mass is 453 g/mol. The third-order valence-corrected chi connectivity index (χ3v) is 5.16. The van der Waals surface area contributed by atoms with Crippen LogP contribution >= 0.6 is 0 Å². The summed E-state index contributed by atoms with van der Waals surface area (Å²) >= 11 is 0. The molecule has 0 saturated heterocycles. The number of hydrogen-bond donors (Lipinski definition) is 1. The van der Waals surface area contributed by atoms with Gasteiger partial charge in [-0.15, -0.1) is 5.10 Å². The van der Waals surface area contributed by atoms with Crippen LogP contribution in [0.2, 0.25) is 0 Å². The lowest BCUT2D eigenvalue weighted by Crippen LogP contribution is -2.43. The molecule has 33 heavy (non-hydrogen) atoms. The van der Waals surface area contributed by atoms with Gasteiger partial charge in [0.15, 0.2) is 5.82 Å². The molecule has 1 aliphatic rings. The first-order chi connectivity index (χ1) is 15.8. The summed E-state index contributed by atoms with van der Waals surface area (Å²) in [4.78, 5) is 13.8. The van der Waals surface area contributed by atoms with E-state index in [1.165, 1.54) is 18.1 Å². The van der Waals surface area contributed by atoms with Crippen molar-refractivity contribution >= 4 is 11.7 Å². The highest BCUT2D eigenvalue weighted by Gasteiger charge is 2.46. The molecule has 4 rings (SSSR count). The number of anilines is 1. The van der Waals surface area contributed by atoms with Gasteiger partial charge in [-0.2, -0.15) is 15.2 Å². The first kappa shape index (κ1) is 22.2. The number of nitrogens with zero attached hydrogens (tertiary/aromatic N) is 4. The maximum absolute atomic E-state index is 12.9. The minimum absolute atomic E-state index is 0.110. The standard InChI is InChI=1S/C23H21F2N5O3/c1-32-20-7-4-16(8-17(20)12-26)14-30-27-13-21(29-30)28-22(31)9-15-2-5-18(6-3-15)33-19-10-23(24,25)11-19/h2-8,13,19H,9-11,14H2,1H3,(H,28,29,31). The van der Waals surface area contributed by atoms with Crippen LogP contribution in [-0.2, 0) is 17.8 Å². The van der Waals surface area contributed by atoms with E-state index in [0.717, 1.165) is 11.1 Å². The molecule has 1 fully saturated rings. The topological polar surface area (TPSA) is 102 Å². The zero-order chi connectivity index (χ0) is 23.4. The lowest BCUT2D eigenvalue weighted by atomic mass is 9.91. The van der Waals surface area contributed by atoms with Crippen LogP contribution in [0.15, 0.2) is 48.7 Å². The maximum atomic E-state index is 12.9. The number of hydrogen-bond acceptors (Lipinski definition) is 6. The lowest BCUT2D eigenvalue weighted by molar-refractivity contribution is -0.134. The van der Waals surface area contributed by atoms with E-state index in [2.05, 4.69) is 21.6 Å². The van der Waals surface area contributed by atoms with Crippen molar-refractivity contribution in [1.82, 2.24) is 15.0 Å². The van der Waals surface area contributed by atoms with Gasteiger partial charge in [0, 0.05) is 12.8 Å². The summed E-state index contributed by atoms with van der Waals surface area (Å²) in [6.45, 7) is 0.322. The molecular weight excluding hydrogens is 432 g/mol. The zero-order valence-electron chi connectivity index (χ0n) is 17.8. The third-order valence-electron chi connectivity index (χ3n) is 5.16. The number of nitriles is 1. The highest BCUT2D eigenvalue weighted by atomic mass is 19.3. The second-order valence-electron chi connectivity index (χ2n) is 7.78. The molecule has 10 heteroatoms. The van der Waals surface area contributed by atoms with Crippen molar-refractivity contribution in [2.75, 3.05) is 12.4 Å². The Labute approximate surface area is 188 Å². The van der Waals surface area contributed by atoms with Crippen molar-refractivity contribution in [2.24, 2.45) is 0 Å². The molecule has 1 saturated carbocycles. The Hall–Kier alpha value is -4.00. The highest BCUT2D eigenvalue weighted by molar-refractivity contribution is 5.91. The van der Waals surface area contributed by atoms with Gasteiger partial charge in [0.05, 0.1) is 31.8 Å². The Kier molecular flexibility index (Phi) is 6.22. The smallest absolute Gasteiger partial charge is 0.255 e. The molecule has 0 spiro atoms. The van der Waals surface area contributed by atoms with Crippen LogP contribution in [0.25, 0.3) is 0 Å². The maximum Gasteiger partial charge on any atom is 0.255 e. The van der Waals surface area contributed by atoms with Gasteiger partial charge < -0.3 is 14.8 Å². The lowest BCUT2D eigenvalue weighted by Gasteiger charge is -2.34. The van der Waals surface area contributed by atoms with E-state index in [1.807, 2.05) is 6.07 Å². The van der Waals surface area contributed by atoms with E-state index in [9.17, 15) is 18.8 Å². The molecule has 1 N–H and O–H groups in total. The van der Waals surface area contributed by atoms with Crippen molar-refractivity contribution in [2.45, 2.75) is 37.8 Å². The zero-order valence-corrected chi connectivity index (χ0v) is 17.8. The predicted molar refractivity (Wildman–Crippen MR) is 114 cm³/mol. The third kappa shape index (κ3) is 5.63. The summed E-state index contributed by atoms with van der Waals surface area (Å²) in [5.41, 5.74) is 1.97. The normalized spacial score (nSPS) is 14.7. The summed E-state index contributed by atoms with van der Waals surface area (Å²) in [6.07, 6.45) is 0.545. The molecule has 0 radical (unpaired) electrons. The van der Waals surface area contributed by atoms with Gasteiger partial charge >= 0.3 is 0 Å². The minimum atomic E-state index is -2.63. The summed E-state index contributed by atoms with van der Waals surface area (Å²) in [5, 5.41) is 20.3. The van der Waals surface area contributed by atoms with Crippen LogP contribution in [0.1, 0.15) is 29.5 Å². The molecular formula is C23H21F2N5O3. The Balaban J connectivity index is 1.28. The number of halogens is 2. The number of benzene rings is 2. The van der Waals surface area contributed by atoms with Gasteiger partial charge in [-0.05, 0) is 35.4 Å². The first-order valence-electron chi connectivity index (χ1n) is 10.2. The van der Waals surface area contributed by atoms with Crippen LogP contribution in [0.5, 0.6) is 11.5 Å². The van der Waals surface area contributed by atoms with E-state index >= 15 is 0 Å². The average Bonchev–Trinajstić information content (AvgIpc) is 3.20. The van der Waals surface area contributed by atoms with Crippen molar-refractivity contribution in [3.63, 3.8) is 0 Å². The number of alkyl halides is 2. The van der Waals surface area contributed by atoms with Crippen molar-refractivity contribution in [3.05, 3.63) is 65.4 Å². The van der Waals surface area contributed by atoms with E-state index in [1.54, 1.807) is 36.4 Å². The first-order valence-corrected chi connectivity index (χ1v) is 10.2. The quantitative estimate of drug-likeness (QED) is 0.560. The Bertz CT molecular complexity index is 1180. The summed E-state index contributed by atoms with van der Waals surface area (Å²) in [6, 6.07) is 14.1. The van der Waals surface area contributed by atoms with Gasteiger partial charge in [-0.25, -0.2) is 8.78 Å². The number of carbonyl (C=O) groups is 1. The fourth-order valence-corrected chi connectivity index (χ4v) is 3.48. The molecule has 1 aromatic heterocycles. The SMILES string of the molecule is COc1ccc(Cn2ncc(NC(=O)Cc3ccc(OC4CC(F)(F)C4)cc3)n2)cc1C#N. The van der Waals surface area contributed by atoms with Crippen molar-refractivity contribution < 1.29 is 23.0 Å². The molecule has 0 unspecified atom stereocenters. The number of amides is 1. The van der Waals surface area contributed by atoms with E-state index < -0.39 is 12.0 Å². The number of ether oxygens (including phenoxy) is 2. The van der Waals surface area contributed by atoms with Gasteiger partial charge in [0.25, 0.3) is 5.92 Å². The number of carbonyl (C=O) groups excluding carboxylic acids is 1. The number of rotatable bonds is 8.